The Kier molecular flexibility index (Phi) is 2.99. The van der Waals surface area contributed by atoms with Gasteiger partial charge in [0, 0.05) is 24.3 Å². The van der Waals surface area contributed by atoms with Gasteiger partial charge in [-0.3, -0.25) is 4.79 Å². The van der Waals surface area contributed by atoms with Crippen LogP contribution in [0.4, 0.5) is 5.69 Å². The molecule has 0 aliphatic heterocycles. The quantitative estimate of drug-likeness (QED) is 0.773. The highest BCUT2D eigenvalue weighted by Crippen LogP contribution is 2.20. The normalized spacial score (nSPS) is 10.7. The van der Waals surface area contributed by atoms with Crippen LogP contribution < -0.4 is 5.32 Å². The van der Waals surface area contributed by atoms with E-state index in [4.69, 9.17) is 0 Å². The first kappa shape index (κ1) is 12.4. The highest BCUT2D eigenvalue weighted by molar-refractivity contribution is 6.05. The maximum Gasteiger partial charge on any atom is 0.257 e. The van der Waals surface area contributed by atoms with Gasteiger partial charge in [0.2, 0.25) is 0 Å². The van der Waals surface area contributed by atoms with E-state index in [0.717, 1.165) is 22.5 Å². The summed E-state index contributed by atoms with van der Waals surface area (Å²) in [5.41, 5.74) is 4.43. The fraction of sp³-hybridized carbons (Fsp3) is 0.125. The predicted octanol–water partition coefficient (Wildman–Crippen LogP) is 3.20. The minimum Gasteiger partial charge on any atom is -0.321 e. The fourth-order valence-electron chi connectivity index (χ4n) is 2.25. The second-order valence-electron chi connectivity index (χ2n) is 4.83. The van der Waals surface area contributed by atoms with Crippen molar-refractivity contribution < 1.29 is 4.79 Å². The summed E-state index contributed by atoms with van der Waals surface area (Å²) in [5.74, 6) is -0.113. The van der Waals surface area contributed by atoms with Crippen molar-refractivity contribution in [2.75, 3.05) is 5.32 Å². The van der Waals surface area contributed by atoms with E-state index in [2.05, 4.69) is 10.3 Å². The first-order valence-corrected chi connectivity index (χ1v) is 6.45. The molecule has 3 rings (SSSR count). The number of aryl methyl sites for hydroxylation is 2. The van der Waals surface area contributed by atoms with Gasteiger partial charge in [-0.05, 0) is 37.1 Å². The molecule has 0 atom stereocenters. The molecule has 20 heavy (non-hydrogen) atoms. The minimum absolute atomic E-state index is 0.113. The zero-order chi connectivity index (χ0) is 14.1. The monoisotopic (exact) mass is 265 g/mol. The number of anilines is 1. The van der Waals surface area contributed by atoms with Gasteiger partial charge in [0.15, 0.2) is 0 Å². The number of nitrogens with one attached hydrogen (secondary N) is 1. The lowest BCUT2D eigenvalue weighted by molar-refractivity contribution is 0.102. The molecule has 3 aromatic rings. The number of rotatable bonds is 2. The Labute approximate surface area is 117 Å². The standard InChI is InChI=1S/C16H15N3O/c1-11-4-3-5-12(2)15(11)18-16(20)13-6-7-14-17-8-9-19(14)10-13/h3-10H,1-2H3,(H,18,20). The van der Waals surface area contributed by atoms with Gasteiger partial charge in [0.1, 0.15) is 5.65 Å². The van der Waals surface area contributed by atoms with Crippen molar-refractivity contribution in [2.45, 2.75) is 13.8 Å². The molecular formula is C16H15N3O. The molecule has 1 amide bonds. The second kappa shape index (κ2) is 4.81. The number of para-hydroxylation sites is 1. The number of hydrogen-bond donors (Lipinski definition) is 1. The molecule has 0 saturated carbocycles. The molecule has 4 nitrogen and oxygen atoms in total. The van der Waals surface area contributed by atoms with Crippen LogP contribution in [0.15, 0.2) is 48.9 Å². The number of aromatic nitrogens is 2. The van der Waals surface area contributed by atoms with Gasteiger partial charge >= 0.3 is 0 Å². The molecule has 1 aromatic carbocycles. The van der Waals surface area contributed by atoms with Crippen LogP contribution in [0.3, 0.4) is 0 Å². The highest BCUT2D eigenvalue weighted by Gasteiger charge is 2.10. The van der Waals surface area contributed by atoms with Gasteiger partial charge in [-0.15, -0.1) is 0 Å². The third-order valence-electron chi connectivity index (χ3n) is 3.37. The molecular weight excluding hydrogens is 250 g/mol. The number of nitrogens with zero attached hydrogens (tertiary/aromatic N) is 2. The van der Waals surface area contributed by atoms with E-state index in [1.165, 1.54) is 0 Å². The maximum atomic E-state index is 12.3. The number of carbonyl (C=O) groups excluding carboxylic acids is 1. The molecule has 0 aliphatic carbocycles. The number of pyridine rings is 1. The van der Waals surface area contributed by atoms with Gasteiger partial charge in [-0.2, -0.15) is 0 Å². The maximum absolute atomic E-state index is 12.3. The zero-order valence-electron chi connectivity index (χ0n) is 11.4. The van der Waals surface area contributed by atoms with Crippen molar-refractivity contribution in [3.8, 4) is 0 Å². The number of hydrogen-bond acceptors (Lipinski definition) is 2. The van der Waals surface area contributed by atoms with Crippen molar-refractivity contribution in [1.82, 2.24) is 9.38 Å². The number of carbonyl (C=O) groups is 1. The Bertz CT molecular complexity index is 769. The molecule has 0 unspecified atom stereocenters. The zero-order valence-corrected chi connectivity index (χ0v) is 11.4. The third-order valence-corrected chi connectivity index (χ3v) is 3.37. The largest absolute Gasteiger partial charge is 0.321 e. The predicted molar refractivity (Wildman–Crippen MR) is 79.1 cm³/mol. The van der Waals surface area contributed by atoms with Crippen LogP contribution >= 0.6 is 0 Å². The number of benzene rings is 1. The molecule has 0 bridgehead atoms. The van der Waals surface area contributed by atoms with Crippen LogP contribution in [0.5, 0.6) is 0 Å². The molecule has 0 aliphatic rings. The smallest absolute Gasteiger partial charge is 0.257 e. The molecule has 0 radical (unpaired) electrons. The first-order valence-electron chi connectivity index (χ1n) is 6.45. The first-order chi connectivity index (χ1) is 9.65. The minimum atomic E-state index is -0.113. The van der Waals surface area contributed by atoms with Crippen molar-refractivity contribution in [1.29, 1.82) is 0 Å². The van der Waals surface area contributed by atoms with Crippen molar-refractivity contribution in [3.63, 3.8) is 0 Å². The Morgan fingerprint density at radius 3 is 2.65 bits per heavy atom. The lowest BCUT2D eigenvalue weighted by Crippen LogP contribution is -2.14. The summed E-state index contributed by atoms with van der Waals surface area (Å²) in [6.45, 7) is 3.98. The van der Waals surface area contributed by atoms with E-state index in [-0.39, 0.29) is 5.91 Å². The van der Waals surface area contributed by atoms with E-state index >= 15 is 0 Å². The third kappa shape index (κ3) is 2.16. The highest BCUT2D eigenvalue weighted by atomic mass is 16.1. The Balaban J connectivity index is 1.92. The van der Waals surface area contributed by atoms with Crippen LogP contribution in [-0.4, -0.2) is 15.3 Å². The Hall–Kier alpha value is -2.62. The topological polar surface area (TPSA) is 46.4 Å². The lowest BCUT2D eigenvalue weighted by atomic mass is 10.1. The Morgan fingerprint density at radius 2 is 1.90 bits per heavy atom. The summed E-state index contributed by atoms with van der Waals surface area (Å²) in [5, 5.41) is 2.98. The molecule has 0 spiro atoms. The second-order valence-corrected chi connectivity index (χ2v) is 4.83. The van der Waals surface area contributed by atoms with E-state index < -0.39 is 0 Å². The number of fused-ring (bicyclic) bond motifs is 1. The van der Waals surface area contributed by atoms with Crippen LogP contribution in [-0.2, 0) is 0 Å². The molecule has 4 heteroatoms. The molecule has 0 saturated heterocycles. The molecule has 1 N–H and O–H groups in total. The van der Waals surface area contributed by atoms with Crippen molar-refractivity contribution >= 4 is 17.2 Å². The average Bonchev–Trinajstić information content (AvgIpc) is 2.90. The lowest BCUT2D eigenvalue weighted by Gasteiger charge is -2.11. The summed E-state index contributed by atoms with van der Waals surface area (Å²) < 4.78 is 1.83. The van der Waals surface area contributed by atoms with E-state index in [1.54, 1.807) is 18.5 Å². The Morgan fingerprint density at radius 1 is 1.15 bits per heavy atom. The summed E-state index contributed by atoms with van der Waals surface area (Å²) >= 11 is 0. The fourth-order valence-corrected chi connectivity index (χ4v) is 2.25. The molecule has 2 aromatic heterocycles. The van der Waals surface area contributed by atoms with Crippen LogP contribution in [0.25, 0.3) is 5.65 Å². The van der Waals surface area contributed by atoms with Crippen molar-refractivity contribution in [3.05, 3.63) is 65.6 Å². The molecule has 0 fully saturated rings. The summed E-state index contributed by atoms with van der Waals surface area (Å²) in [6, 6.07) is 9.58. The van der Waals surface area contributed by atoms with Crippen LogP contribution in [0, 0.1) is 13.8 Å². The average molecular weight is 265 g/mol. The molecule has 100 valence electrons. The van der Waals surface area contributed by atoms with Gasteiger partial charge < -0.3 is 9.72 Å². The van der Waals surface area contributed by atoms with E-state index in [9.17, 15) is 4.79 Å². The number of amides is 1. The van der Waals surface area contributed by atoms with Gasteiger partial charge in [-0.1, -0.05) is 18.2 Å². The van der Waals surface area contributed by atoms with Gasteiger partial charge in [0.25, 0.3) is 5.91 Å². The summed E-state index contributed by atoms with van der Waals surface area (Å²) in [6.07, 6.45) is 5.32. The van der Waals surface area contributed by atoms with Crippen molar-refractivity contribution in [2.24, 2.45) is 0 Å². The van der Waals surface area contributed by atoms with E-state index in [1.807, 2.05) is 48.7 Å². The van der Waals surface area contributed by atoms with Gasteiger partial charge in [-0.25, -0.2) is 4.98 Å². The van der Waals surface area contributed by atoms with Crippen LogP contribution in [0.2, 0.25) is 0 Å². The summed E-state index contributed by atoms with van der Waals surface area (Å²) in [7, 11) is 0. The number of imidazole rings is 1. The van der Waals surface area contributed by atoms with Gasteiger partial charge in [0.05, 0.1) is 5.56 Å². The SMILES string of the molecule is Cc1cccc(C)c1NC(=O)c1ccc2nccn2c1. The summed E-state index contributed by atoms with van der Waals surface area (Å²) in [4.78, 5) is 16.5. The van der Waals surface area contributed by atoms with Crippen LogP contribution in [0.1, 0.15) is 21.5 Å². The molecule has 2 heterocycles. The van der Waals surface area contributed by atoms with E-state index in [0.29, 0.717) is 5.56 Å².